The minimum atomic E-state index is -1.08. The summed E-state index contributed by atoms with van der Waals surface area (Å²) in [5.41, 5.74) is 4.18. The van der Waals surface area contributed by atoms with E-state index < -0.39 is 42.4 Å². The average molecular weight is 553 g/mol. The zero-order valence-electron chi connectivity index (χ0n) is 21.9. The van der Waals surface area contributed by atoms with Gasteiger partial charge in [-0.05, 0) is 34.4 Å². The van der Waals surface area contributed by atoms with Gasteiger partial charge in [-0.1, -0.05) is 66.7 Å². The smallest absolute Gasteiger partial charge is 0.410 e. The van der Waals surface area contributed by atoms with Gasteiger partial charge in [0.05, 0.1) is 30.4 Å². The zero-order valence-corrected chi connectivity index (χ0v) is 21.9. The van der Waals surface area contributed by atoms with Gasteiger partial charge in [0.25, 0.3) is 11.5 Å². The zero-order chi connectivity index (χ0) is 28.5. The van der Waals surface area contributed by atoms with E-state index in [1.807, 2.05) is 48.5 Å². The van der Waals surface area contributed by atoms with Crippen LogP contribution in [0.4, 0.5) is 10.7 Å². The van der Waals surface area contributed by atoms with Gasteiger partial charge in [-0.15, -0.1) is 0 Å². The number of nitrogens with zero attached hydrogens (tertiary/aromatic N) is 2. The van der Waals surface area contributed by atoms with Gasteiger partial charge in [-0.25, -0.2) is 9.78 Å². The van der Waals surface area contributed by atoms with Crippen molar-refractivity contribution in [3.63, 3.8) is 0 Å². The van der Waals surface area contributed by atoms with Gasteiger partial charge < -0.3 is 14.9 Å². The number of carbonyl (C=O) groups excluding carboxylic acids is 2. The number of rotatable bonds is 6. The van der Waals surface area contributed by atoms with Crippen LogP contribution in [0, 0.1) is 0 Å². The Labute approximate surface area is 235 Å². The van der Waals surface area contributed by atoms with Crippen molar-refractivity contribution < 1.29 is 24.5 Å². The second kappa shape index (κ2) is 11.0. The highest BCUT2D eigenvalue weighted by atomic mass is 16.6. The molecule has 2 aliphatic rings. The summed E-state index contributed by atoms with van der Waals surface area (Å²) in [5, 5.41) is 23.2. The molecule has 0 unspecified atom stereocenters. The minimum Gasteiger partial charge on any atom is -0.448 e. The van der Waals surface area contributed by atoms with Crippen LogP contribution >= 0.6 is 0 Å². The fourth-order valence-corrected chi connectivity index (χ4v) is 5.81. The van der Waals surface area contributed by atoms with Crippen molar-refractivity contribution >= 4 is 17.9 Å². The summed E-state index contributed by atoms with van der Waals surface area (Å²) in [6.07, 6.45) is -0.563. The van der Waals surface area contributed by atoms with E-state index >= 15 is 0 Å². The number of aliphatic hydroxyl groups excluding tert-OH is 2. The number of nitrogens with one attached hydrogen (secondary N) is 2. The molecule has 208 valence electrons. The molecule has 3 atom stereocenters. The van der Waals surface area contributed by atoms with Gasteiger partial charge in [-0.2, -0.15) is 0 Å². The first-order valence-corrected chi connectivity index (χ1v) is 13.3. The van der Waals surface area contributed by atoms with Gasteiger partial charge in [0.1, 0.15) is 6.61 Å². The van der Waals surface area contributed by atoms with Crippen molar-refractivity contribution in [2.45, 2.75) is 30.5 Å². The molecule has 0 bridgehead atoms. The molecule has 1 aliphatic carbocycles. The number of hydrogen-bond donors (Lipinski definition) is 4. The summed E-state index contributed by atoms with van der Waals surface area (Å²) in [7, 11) is 0. The number of ether oxygens (including phenoxy) is 1. The highest BCUT2D eigenvalue weighted by Gasteiger charge is 2.46. The molecule has 1 aliphatic heterocycles. The quantitative estimate of drug-likeness (QED) is 0.287. The number of anilines is 1. The number of hydrogen-bond acceptors (Lipinski definition) is 7. The molecule has 1 saturated heterocycles. The lowest BCUT2D eigenvalue weighted by Gasteiger charge is -2.29. The van der Waals surface area contributed by atoms with Gasteiger partial charge in [0.2, 0.25) is 5.95 Å². The number of H-pyrrole nitrogens is 1. The van der Waals surface area contributed by atoms with E-state index in [-0.39, 0.29) is 30.5 Å². The number of likely N-dealkylation sites (tertiary alicyclic amines) is 1. The predicted octanol–water partition coefficient (Wildman–Crippen LogP) is 3.44. The first-order valence-electron chi connectivity index (χ1n) is 13.3. The van der Waals surface area contributed by atoms with Crippen molar-refractivity contribution in [1.29, 1.82) is 0 Å². The topological polar surface area (TPSA) is 145 Å². The second-order valence-electron chi connectivity index (χ2n) is 10.1. The van der Waals surface area contributed by atoms with Crippen molar-refractivity contribution in [3.8, 4) is 11.1 Å². The number of fused-ring (bicyclic) bond motifs is 3. The SMILES string of the molecule is O=C(Nc1ncc([C@H]2C[C@H](O)[C@@H](CO)N2C(=O)OCC2c3ccccc3-c3ccccc32)c(=O)[nH]1)c1ccccc1. The maximum absolute atomic E-state index is 13.5. The molecule has 2 amide bonds. The summed E-state index contributed by atoms with van der Waals surface area (Å²) >= 11 is 0. The lowest BCUT2D eigenvalue weighted by atomic mass is 9.98. The summed E-state index contributed by atoms with van der Waals surface area (Å²) < 4.78 is 5.80. The van der Waals surface area contributed by atoms with Crippen LogP contribution in [0.15, 0.2) is 89.9 Å². The summed E-state index contributed by atoms with van der Waals surface area (Å²) in [6, 6.07) is 22.5. The molecule has 10 heteroatoms. The number of aromatic nitrogens is 2. The molecule has 2 heterocycles. The van der Waals surface area contributed by atoms with Gasteiger partial charge in [0.15, 0.2) is 0 Å². The third-order valence-electron chi connectivity index (χ3n) is 7.79. The number of carbonyl (C=O) groups is 2. The maximum atomic E-state index is 13.5. The van der Waals surface area contributed by atoms with Crippen LogP contribution < -0.4 is 10.9 Å². The van der Waals surface area contributed by atoms with Crippen molar-refractivity contribution in [2.75, 3.05) is 18.5 Å². The minimum absolute atomic E-state index is 0.00982. The fraction of sp³-hybridized carbons (Fsp3) is 0.226. The molecule has 6 rings (SSSR count). The average Bonchev–Trinajstić information content (AvgIpc) is 3.50. The Morgan fingerprint density at radius 1 is 0.951 bits per heavy atom. The van der Waals surface area contributed by atoms with E-state index in [9.17, 15) is 24.6 Å². The molecule has 0 saturated carbocycles. The largest absolute Gasteiger partial charge is 0.448 e. The van der Waals surface area contributed by atoms with Gasteiger partial charge >= 0.3 is 6.09 Å². The van der Waals surface area contributed by atoms with Crippen LogP contribution in [-0.4, -0.2) is 62.4 Å². The Hall–Kier alpha value is -4.80. The van der Waals surface area contributed by atoms with Crippen molar-refractivity contribution in [1.82, 2.24) is 14.9 Å². The van der Waals surface area contributed by atoms with Gasteiger partial charge in [-0.3, -0.25) is 24.8 Å². The van der Waals surface area contributed by atoms with Crippen molar-refractivity contribution in [3.05, 3.63) is 118 Å². The van der Waals surface area contributed by atoms with E-state index in [4.69, 9.17) is 4.74 Å². The van der Waals surface area contributed by atoms with Crippen LogP contribution in [0.1, 0.15) is 45.4 Å². The van der Waals surface area contributed by atoms with Crippen molar-refractivity contribution in [2.24, 2.45) is 0 Å². The lowest BCUT2D eigenvalue weighted by molar-refractivity contribution is 0.0429. The summed E-state index contributed by atoms with van der Waals surface area (Å²) in [6.45, 7) is -0.470. The highest BCUT2D eigenvalue weighted by molar-refractivity contribution is 6.03. The molecule has 1 fully saturated rings. The molecular formula is C31H28N4O6. The van der Waals surface area contributed by atoms with E-state index in [1.165, 1.54) is 11.1 Å². The Balaban J connectivity index is 1.22. The van der Waals surface area contributed by atoms with E-state index in [0.29, 0.717) is 5.56 Å². The Bertz CT molecular complexity index is 1610. The third-order valence-corrected chi connectivity index (χ3v) is 7.79. The normalized spacial score (nSPS) is 19.5. The summed E-state index contributed by atoms with van der Waals surface area (Å²) in [5.74, 6) is -0.682. The van der Waals surface area contributed by atoms with Crippen LogP contribution in [0.25, 0.3) is 11.1 Å². The van der Waals surface area contributed by atoms with Crippen LogP contribution in [0.2, 0.25) is 0 Å². The van der Waals surface area contributed by atoms with E-state index in [1.54, 1.807) is 30.3 Å². The number of aromatic amines is 1. The third kappa shape index (κ3) is 4.88. The first-order chi connectivity index (χ1) is 20.0. The van der Waals surface area contributed by atoms with Crippen LogP contribution in [-0.2, 0) is 4.74 Å². The molecule has 0 spiro atoms. The Morgan fingerprint density at radius 2 is 1.59 bits per heavy atom. The number of benzene rings is 3. The molecule has 41 heavy (non-hydrogen) atoms. The monoisotopic (exact) mass is 552 g/mol. The first kappa shape index (κ1) is 26.4. The molecule has 4 aromatic rings. The Kier molecular flexibility index (Phi) is 7.08. The van der Waals surface area contributed by atoms with Crippen LogP contribution in [0.3, 0.4) is 0 Å². The highest BCUT2D eigenvalue weighted by Crippen LogP contribution is 2.45. The maximum Gasteiger partial charge on any atom is 0.410 e. The second-order valence-corrected chi connectivity index (χ2v) is 10.1. The molecule has 4 N–H and O–H groups in total. The van der Waals surface area contributed by atoms with E-state index in [2.05, 4.69) is 15.3 Å². The molecule has 1 aromatic heterocycles. The van der Waals surface area contributed by atoms with Gasteiger partial charge in [0, 0.05) is 24.1 Å². The predicted molar refractivity (Wildman–Crippen MR) is 150 cm³/mol. The molecule has 0 radical (unpaired) electrons. The summed E-state index contributed by atoms with van der Waals surface area (Å²) in [4.78, 5) is 47.0. The number of amides is 2. The molecular weight excluding hydrogens is 524 g/mol. The van der Waals surface area contributed by atoms with E-state index in [0.717, 1.165) is 22.3 Å². The molecule has 10 nitrogen and oxygen atoms in total. The van der Waals surface area contributed by atoms with Crippen LogP contribution in [0.5, 0.6) is 0 Å². The molecule has 3 aromatic carbocycles. The fourth-order valence-electron chi connectivity index (χ4n) is 5.81. The standard InChI is InChI=1S/C31H28N4O6/c36-16-26-27(37)14-25(23-15-32-30(34-29(23)39)33-28(38)18-8-2-1-3-9-18)35(26)31(40)41-17-24-21-12-6-4-10-19(21)20-11-5-7-13-22(20)24/h1-13,15,24-27,36-37H,14,16-17H2,(H2,32,33,34,38,39)/t25-,26-,27+/m1/s1. The lowest BCUT2D eigenvalue weighted by Crippen LogP contribution is -2.44. The Morgan fingerprint density at radius 3 is 2.22 bits per heavy atom. The number of aliphatic hydroxyl groups is 2.